The van der Waals surface area contributed by atoms with Gasteiger partial charge in [-0.2, -0.15) is 0 Å². The summed E-state index contributed by atoms with van der Waals surface area (Å²) in [5, 5.41) is 29.8. The van der Waals surface area contributed by atoms with Crippen LogP contribution in [-0.4, -0.2) is 21.1 Å². The zero-order chi connectivity index (χ0) is 26.3. The molecule has 188 valence electrons. The molecule has 0 saturated carbocycles. The number of aliphatic hydroxyl groups excluding tert-OH is 3. The molecule has 3 aliphatic rings. The second kappa shape index (κ2) is 7.85. The molecule has 0 spiro atoms. The number of fused-ring (bicyclic) bond motifs is 9. The van der Waals surface area contributed by atoms with Gasteiger partial charge in [0.25, 0.3) is 0 Å². The molecular formula is C32H36O4. The fourth-order valence-electron chi connectivity index (χ4n) is 8.17. The summed E-state index contributed by atoms with van der Waals surface area (Å²) in [5.74, 6) is 0.167. The number of aliphatic hydroxyl groups is 3. The maximum Gasteiger partial charge on any atom is 0.126 e. The van der Waals surface area contributed by atoms with Gasteiger partial charge in [0.2, 0.25) is 0 Å². The molecule has 3 aromatic rings. The van der Waals surface area contributed by atoms with Gasteiger partial charge in [-0.3, -0.25) is 0 Å². The molecule has 0 unspecified atom stereocenters. The van der Waals surface area contributed by atoms with E-state index in [1.54, 1.807) is 0 Å². The van der Waals surface area contributed by atoms with Crippen molar-refractivity contribution in [3.05, 3.63) is 105 Å². The lowest BCUT2D eigenvalue weighted by Gasteiger charge is -2.49. The smallest absolute Gasteiger partial charge is 0.126 e. The van der Waals surface area contributed by atoms with Crippen LogP contribution in [0.1, 0.15) is 91.6 Å². The predicted octanol–water partition coefficient (Wildman–Crippen LogP) is 5.02. The summed E-state index contributed by atoms with van der Waals surface area (Å²) in [6, 6.07) is 19.4. The van der Waals surface area contributed by atoms with Gasteiger partial charge in [0, 0.05) is 21.7 Å². The predicted molar refractivity (Wildman–Crippen MR) is 141 cm³/mol. The van der Waals surface area contributed by atoms with Crippen molar-refractivity contribution in [2.75, 3.05) is 0 Å². The normalized spacial score (nSPS) is 30.1. The molecule has 3 aromatic carbocycles. The second-order valence-corrected chi connectivity index (χ2v) is 11.5. The Kier molecular flexibility index (Phi) is 5.43. The molecular weight excluding hydrogens is 448 g/mol. The maximum atomic E-state index is 9.95. The fraction of sp³-hybridized carbons (Fsp3) is 0.406. The Morgan fingerprint density at radius 1 is 0.556 bits per heavy atom. The number of hydrogen-bond donors (Lipinski definition) is 3. The van der Waals surface area contributed by atoms with Crippen molar-refractivity contribution in [1.82, 2.24) is 0 Å². The van der Waals surface area contributed by atoms with Crippen molar-refractivity contribution in [2.45, 2.75) is 77.6 Å². The average molecular weight is 485 g/mol. The van der Waals surface area contributed by atoms with Gasteiger partial charge in [-0.15, -0.1) is 0 Å². The van der Waals surface area contributed by atoms with Crippen molar-refractivity contribution >= 4 is 5.78 Å². The summed E-state index contributed by atoms with van der Waals surface area (Å²) in [7, 11) is 0. The lowest BCUT2D eigenvalue weighted by molar-refractivity contribution is -0.115. The highest BCUT2D eigenvalue weighted by Gasteiger charge is 2.79. The van der Waals surface area contributed by atoms with Crippen LogP contribution in [0, 0.1) is 5.41 Å². The molecule has 3 aliphatic carbocycles. The number of Topliss-reactive ketones (excluding diaryl/α,β-unsaturated/α-hetero) is 1. The largest absolute Gasteiger partial charge is 0.392 e. The molecule has 0 heterocycles. The zero-order valence-electron chi connectivity index (χ0n) is 22.1. The summed E-state index contributed by atoms with van der Waals surface area (Å²) in [5.41, 5.74) is 9.62. The zero-order valence-corrected chi connectivity index (χ0v) is 22.1. The quantitative estimate of drug-likeness (QED) is 0.488. The Morgan fingerprint density at radius 2 is 0.806 bits per heavy atom. The van der Waals surface area contributed by atoms with Gasteiger partial charge in [-0.1, -0.05) is 82.3 Å². The Hall–Kier alpha value is -2.79. The van der Waals surface area contributed by atoms with Gasteiger partial charge in [0.05, 0.1) is 19.8 Å². The van der Waals surface area contributed by atoms with E-state index in [1.165, 1.54) is 47.2 Å². The van der Waals surface area contributed by atoms with Crippen LogP contribution in [-0.2, 0) is 40.9 Å². The van der Waals surface area contributed by atoms with Crippen LogP contribution in [0.15, 0.2) is 54.6 Å². The summed E-state index contributed by atoms with van der Waals surface area (Å²) >= 11 is 0. The van der Waals surface area contributed by atoms with E-state index in [-0.39, 0.29) is 47.3 Å². The van der Waals surface area contributed by atoms with Crippen molar-refractivity contribution in [2.24, 2.45) is 5.41 Å². The summed E-state index contributed by atoms with van der Waals surface area (Å²) in [6.07, 6.45) is 0. The van der Waals surface area contributed by atoms with Gasteiger partial charge in [0.1, 0.15) is 5.78 Å². The van der Waals surface area contributed by atoms with Crippen LogP contribution >= 0.6 is 0 Å². The standard InChI is InChI=1S/C29H30O3.C3H6O/c1-26-20-8-5-17(14-30)11-23(20)27(2)22-10-7-19(16-32)13-25(22)28(3,29(26,27)4)24-12-18(15-31)6-9-21(24)26;1-3(2)4/h5-13,30-32H,14-16H2,1-4H3;1-2H3/t26-,27-,28-,29+;/m1./s1. The number of rotatable bonds is 3. The first kappa shape index (κ1) is 24.9. The Labute approximate surface area is 213 Å². The Bertz CT molecular complexity index is 1400. The molecule has 0 aromatic heterocycles. The second-order valence-electron chi connectivity index (χ2n) is 11.5. The van der Waals surface area contributed by atoms with E-state index in [4.69, 9.17) is 0 Å². The van der Waals surface area contributed by atoms with E-state index >= 15 is 0 Å². The highest BCUT2D eigenvalue weighted by Crippen LogP contribution is 2.82. The van der Waals surface area contributed by atoms with Gasteiger partial charge in [0.15, 0.2) is 0 Å². The van der Waals surface area contributed by atoms with Gasteiger partial charge in [-0.25, -0.2) is 0 Å². The topological polar surface area (TPSA) is 77.8 Å². The number of hydrogen-bond acceptors (Lipinski definition) is 4. The minimum absolute atomic E-state index is 0.0167. The van der Waals surface area contributed by atoms with Crippen molar-refractivity contribution in [1.29, 1.82) is 0 Å². The van der Waals surface area contributed by atoms with Crippen LogP contribution in [0.4, 0.5) is 0 Å². The van der Waals surface area contributed by atoms with E-state index in [0.717, 1.165) is 16.7 Å². The first-order valence-electron chi connectivity index (χ1n) is 12.7. The fourth-order valence-corrected chi connectivity index (χ4v) is 8.17. The number of benzene rings is 3. The average Bonchev–Trinajstić information content (AvgIpc) is 3.23. The van der Waals surface area contributed by atoms with Crippen molar-refractivity contribution in [3.63, 3.8) is 0 Å². The Balaban J connectivity index is 0.000000623. The molecule has 0 bridgehead atoms. The summed E-state index contributed by atoms with van der Waals surface area (Å²) < 4.78 is 0. The van der Waals surface area contributed by atoms with Crippen LogP contribution in [0.5, 0.6) is 0 Å². The highest BCUT2D eigenvalue weighted by atomic mass is 16.3. The third-order valence-corrected chi connectivity index (χ3v) is 10.0. The van der Waals surface area contributed by atoms with Crippen LogP contribution in [0.2, 0.25) is 0 Å². The first-order valence-corrected chi connectivity index (χ1v) is 12.7. The molecule has 4 heteroatoms. The van der Waals surface area contributed by atoms with Crippen molar-refractivity contribution < 1.29 is 20.1 Å². The monoisotopic (exact) mass is 484 g/mol. The first-order chi connectivity index (χ1) is 17.0. The molecule has 36 heavy (non-hydrogen) atoms. The molecule has 0 amide bonds. The SMILES string of the molecule is CC(C)=O.C[C@]12c3ccc(CO)cc3[C@]3(C)c4cc(CO)ccc4[C@](C)(c4cc(CO)ccc41)[C@]23C. The van der Waals surface area contributed by atoms with Crippen LogP contribution < -0.4 is 0 Å². The molecule has 3 N–H and O–H groups in total. The number of carbonyl (C=O) groups excluding carboxylic acids is 1. The highest BCUT2D eigenvalue weighted by molar-refractivity contribution is 5.77. The van der Waals surface area contributed by atoms with E-state index in [1.807, 2.05) is 6.07 Å². The molecule has 0 fully saturated rings. The van der Waals surface area contributed by atoms with Crippen LogP contribution in [0.25, 0.3) is 0 Å². The number of carbonyl (C=O) groups is 1. The summed E-state index contributed by atoms with van der Waals surface area (Å²) in [6.45, 7) is 12.7. The van der Waals surface area contributed by atoms with Crippen LogP contribution in [0.3, 0.4) is 0 Å². The van der Waals surface area contributed by atoms with Gasteiger partial charge < -0.3 is 20.1 Å². The lowest BCUT2D eigenvalue weighted by Crippen LogP contribution is -2.51. The molecule has 4 atom stereocenters. The number of ketones is 1. The molecule has 0 aliphatic heterocycles. The minimum atomic E-state index is -0.296. The lowest BCUT2D eigenvalue weighted by atomic mass is 9.52. The Morgan fingerprint density at radius 3 is 1.08 bits per heavy atom. The van der Waals surface area contributed by atoms with Gasteiger partial charge >= 0.3 is 0 Å². The summed E-state index contributed by atoms with van der Waals surface area (Å²) in [4.78, 5) is 9.44. The molecule has 4 nitrogen and oxygen atoms in total. The molecule has 0 saturated heterocycles. The van der Waals surface area contributed by atoms with E-state index in [9.17, 15) is 20.1 Å². The third-order valence-electron chi connectivity index (χ3n) is 10.0. The third kappa shape index (κ3) is 2.57. The van der Waals surface area contributed by atoms with Gasteiger partial charge in [-0.05, 0) is 63.9 Å². The molecule has 6 rings (SSSR count). The molecule has 0 radical (unpaired) electrons. The minimum Gasteiger partial charge on any atom is -0.392 e. The van der Waals surface area contributed by atoms with Crippen molar-refractivity contribution in [3.8, 4) is 0 Å². The van der Waals surface area contributed by atoms with E-state index < -0.39 is 0 Å². The maximum absolute atomic E-state index is 9.95. The van der Waals surface area contributed by atoms with E-state index in [2.05, 4.69) is 76.2 Å². The van der Waals surface area contributed by atoms with E-state index in [0.29, 0.717) is 0 Å².